The van der Waals surface area contributed by atoms with Gasteiger partial charge < -0.3 is 15.0 Å². The second-order valence-corrected chi connectivity index (χ2v) is 6.17. The summed E-state index contributed by atoms with van der Waals surface area (Å²) in [5.41, 5.74) is 2.57. The fourth-order valence-corrected chi connectivity index (χ4v) is 2.89. The molecular formula is C21H20N2O3. The van der Waals surface area contributed by atoms with Crippen LogP contribution in [0, 0.1) is 25.2 Å². The summed E-state index contributed by atoms with van der Waals surface area (Å²) in [6.07, 6.45) is 5.65. The zero-order valence-electron chi connectivity index (χ0n) is 14.6. The minimum atomic E-state index is -0.673. The summed E-state index contributed by atoms with van der Waals surface area (Å²) in [5, 5.41) is 2.80. The predicted octanol–water partition coefficient (Wildman–Crippen LogP) is 3.00. The summed E-state index contributed by atoms with van der Waals surface area (Å²) in [7, 11) is 0. The van der Waals surface area contributed by atoms with Gasteiger partial charge in [0.2, 0.25) is 11.8 Å². The Morgan fingerprint density at radius 2 is 1.92 bits per heavy atom. The second-order valence-electron chi connectivity index (χ2n) is 6.17. The molecule has 1 fully saturated rings. The van der Waals surface area contributed by atoms with Gasteiger partial charge in [0.1, 0.15) is 18.3 Å². The Labute approximate surface area is 153 Å². The van der Waals surface area contributed by atoms with Gasteiger partial charge in [0, 0.05) is 17.9 Å². The van der Waals surface area contributed by atoms with Crippen molar-refractivity contribution in [3.63, 3.8) is 0 Å². The fraction of sp³-hybridized carbons (Fsp3) is 0.238. The normalized spacial score (nSPS) is 16.2. The van der Waals surface area contributed by atoms with Crippen LogP contribution in [0.1, 0.15) is 12.0 Å². The molecule has 2 aromatic carbocycles. The first kappa shape index (κ1) is 17.6. The maximum atomic E-state index is 12.6. The van der Waals surface area contributed by atoms with Gasteiger partial charge >= 0.3 is 0 Å². The van der Waals surface area contributed by atoms with E-state index in [9.17, 15) is 9.59 Å². The largest absolute Gasteiger partial charge is 0.481 e. The Hall–Kier alpha value is -3.26. The van der Waals surface area contributed by atoms with E-state index < -0.39 is 5.92 Å². The highest BCUT2D eigenvalue weighted by Crippen LogP contribution is 2.26. The molecule has 1 N–H and O–H groups in total. The van der Waals surface area contributed by atoms with Gasteiger partial charge in [-0.05, 0) is 49.7 Å². The molecule has 1 unspecified atom stereocenters. The van der Waals surface area contributed by atoms with E-state index in [0.717, 1.165) is 11.3 Å². The van der Waals surface area contributed by atoms with Crippen LogP contribution in [-0.4, -0.2) is 25.0 Å². The second kappa shape index (κ2) is 7.75. The lowest BCUT2D eigenvalue weighted by Crippen LogP contribution is -2.33. The lowest BCUT2D eigenvalue weighted by atomic mass is 10.1. The van der Waals surface area contributed by atoms with Crippen LogP contribution in [0.15, 0.2) is 48.5 Å². The van der Waals surface area contributed by atoms with E-state index >= 15 is 0 Å². The number of carbonyl (C=O) groups is 2. The summed E-state index contributed by atoms with van der Waals surface area (Å²) in [5.74, 6) is 1.89. The summed E-state index contributed by atoms with van der Waals surface area (Å²) in [6.45, 7) is 2.73. The van der Waals surface area contributed by atoms with Gasteiger partial charge in [-0.15, -0.1) is 6.42 Å². The summed E-state index contributed by atoms with van der Waals surface area (Å²) in [6, 6.07) is 14.6. The molecule has 0 spiro atoms. The Morgan fingerprint density at radius 1 is 1.23 bits per heavy atom. The van der Waals surface area contributed by atoms with E-state index in [1.165, 1.54) is 0 Å². The SMILES string of the molecule is C#CCOc1ccc(NC(=O)C2CCN(c3ccc(C)cc3)C2=O)cc1. The number of hydrogen-bond donors (Lipinski definition) is 1. The molecule has 2 amide bonds. The number of rotatable bonds is 5. The lowest BCUT2D eigenvalue weighted by Gasteiger charge is -2.17. The first-order valence-electron chi connectivity index (χ1n) is 8.44. The molecule has 3 rings (SSSR count). The van der Waals surface area contributed by atoms with Crippen molar-refractivity contribution in [2.75, 3.05) is 23.4 Å². The minimum absolute atomic E-state index is 0.166. The van der Waals surface area contributed by atoms with E-state index in [4.69, 9.17) is 11.2 Å². The molecule has 1 saturated heterocycles. The number of nitrogens with zero attached hydrogens (tertiary/aromatic N) is 1. The van der Waals surface area contributed by atoms with Crippen LogP contribution < -0.4 is 15.0 Å². The molecule has 1 heterocycles. The number of benzene rings is 2. The predicted molar refractivity (Wildman–Crippen MR) is 101 cm³/mol. The molecule has 0 aliphatic carbocycles. The van der Waals surface area contributed by atoms with Crippen molar-refractivity contribution in [1.29, 1.82) is 0 Å². The smallest absolute Gasteiger partial charge is 0.239 e. The fourth-order valence-electron chi connectivity index (χ4n) is 2.89. The van der Waals surface area contributed by atoms with Crippen LogP contribution in [0.3, 0.4) is 0 Å². The van der Waals surface area contributed by atoms with Gasteiger partial charge in [-0.3, -0.25) is 9.59 Å². The molecule has 5 heteroatoms. The maximum Gasteiger partial charge on any atom is 0.239 e. The Bertz CT molecular complexity index is 835. The van der Waals surface area contributed by atoms with Gasteiger partial charge in [-0.2, -0.15) is 0 Å². The van der Waals surface area contributed by atoms with Crippen LogP contribution in [0.5, 0.6) is 5.75 Å². The third kappa shape index (κ3) is 3.86. The molecule has 2 aromatic rings. The van der Waals surface area contributed by atoms with Crippen LogP contribution in [-0.2, 0) is 9.59 Å². The van der Waals surface area contributed by atoms with E-state index in [1.54, 1.807) is 29.2 Å². The highest BCUT2D eigenvalue weighted by Gasteiger charge is 2.37. The summed E-state index contributed by atoms with van der Waals surface area (Å²) >= 11 is 0. The van der Waals surface area contributed by atoms with Gasteiger partial charge in [-0.1, -0.05) is 23.6 Å². The van der Waals surface area contributed by atoms with Crippen LogP contribution >= 0.6 is 0 Å². The molecule has 0 saturated carbocycles. The van der Waals surface area contributed by atoms with E-state index in [1.807, 2.05) is 31.2 Å². The number of aryl methyl sites for hydroxylation is 1. The molecule has 132 valence electrons. The average molecular weight is 348 g/mol. The van der Waals surface area contributed by atoms with Crippen LogP contribution in [0.4, 0.5) is 11.4 Å². The first-order valence-corrected chi connectivity index (χ1v) is 8.44. The van der Waals surface area contributed by atoms with Crippen molar-refractivity contribution in [1.82, 2.24) is 0 Å². The molecular weight excluding hydrogens is 328 g/mol. The Morgan fingerprint density at radius 3 is 2.58 bits per heavy atom. The molecule has 0 bridgehead atoms. The molecule has 1 aliphatic heterocycles. The number of hydrogen-bond acceptors (Lipinski definition) is 3. The van der Waals surface area contributed by atoms with Crippen LogP contribution in [0.2, 0.25) is 0 Å². The van der Waals surface area contributed by atoms with Gasteiger partial charge in [0.15, 0.2) is 0 Å². The van der Waals surface area contributed by atoms with E-state index in [-0.39, 0.29) is 18.4 Å². The van der Waals surface area contributed by atoms with Crippen molar-refractivity contribution < 1.29 is 14.3 Å². The average Bonchev–Trinajstić information content (AvgIpc) is 3.03. The van der Waals surface area contributed by atoms with Crippen molar-refractivity contribution in [3.8, 4) is 18.1 Å². The molecule has 5 nitrogen and oxygen atoms in total. The topological polar surface area (TPSA) is 58.6 Å². The number of carbonyl (C=O) groups excluding carboxylic acids is 2. The number of anilines is 2. The highest BCUT2D eigenvalue weighted by molar-refractivity contribution is 6.13. The standard InChI is InChI=1S/C21H20N2O3/c1-3-14-26-18-10-6-16(7-11-18)22-20(24)19-12-13-23(21(19)25)17-8-4-15(2)5-9-17/h1,4-11,19H,12-14H2,2H3,(H,22,24). The number of terminal acetylenes is 1. The molecule has 26 heavy (non-hydrogen) atoms. The molecule has 1 aliphatic rings. The van der Waals surface area contributed by atoms with Crippen molar-refractivity contribution in [2.24, 2.45) is 5.92 Å². The zero-order valence-corrected chi connectivity index (χ0v) is 14.6. The molecule has 0 aromatic heterocycles. The maximum absolute atomic E-state index is 12.6. The van der Waals surface area contributed by atoms with Crippen molar-refractivity contribution >= 4 is 23.2 Å². The summed E-state index contributed by atoms with van der Waals surface area (Å²) < 4.78 is 5.29. The number of amides is 2. The van der Waals surface area contributed by atoms with Crippen molar-refractivity contribution in [2.45, 2.75) is 13.3 Å². The van der Waals surface area contributed by atoms with E-state index in [2.05, 4.69) is 11.2 Å². The van der Waals surface area contributed by atoms with Crippen molar-refractivity contribution in [3.05, 3.63) is 54.1 Å². The molecule has 1 atom stereocenters. The number of nitrogens with one attached hydrogen (secondary N) is 1. The van der Waals surface area contributed by atoms with Crippen LogP contribution in [0.25, 0.3) is 0 Å². The zero-order chi connectivity index (χ0) is 18.5. The lowest BCUT2D eigenvalue weighted by molar-refractivity contribution is -0.129. The van der Waals surface area contributed by atoms with Gasteiger partial charge in [0.25, 0.3) is 0 Å². The monoisotopic (exact) mass is 348 g/mol. The summed E-state index contributed by atoms with van der Waals surface area (Å²) in [4.78, 5) is 26.8. The third-order valence-electron chi connectivity index (χ3n) is 4.31. The van der Waals surface area contributed by atoms with Gasteiger partial charge in [0.05, 0.1) is 0 Å². The highest BCUT2D eigenvalue weighted by atomic mass is 16.5. The van der Waals surface area contributed by atoms with E-state index in [0.29, 0.717) is 24.4 Å². The Kier molecular flexibility index (Phi) is 5.23. The molecule has 0 radical (unpaired) electrons. The first-order chi connectivity index (χ1) is 12.6. The minimum Gasteiger partial charge on any atom is -0.481 e. The quantitative estimate of drug-likeness (QED) is 0.667. The number of ether oxygens (including phenoxy) is 1. The third-order valence-corrected chi connectivity index (χ3v) is 4.31. The Balaban J connectivity index is 1.62. The van der Waals surface area contributed by atoms with Gasteiger partial charge in [-0.25, -0.2) is 0 Å².